The Morgan fingerprint density at radius 2 is 1.50 bits per heavy atom. The molecule has 118 valence electrons. The van der Waals surface area contributed by atoms with Crippen LogP contribution in [-0.2, 0) is 10.1 Å². The summed E-state index contributed by atoms with van der Waals surface area (Å²) in [5.41, 5.74) is -3.11. The molecule has 1 heterocycles. The molecular weight excluding hydrogens is 439 g/mol. The number of fused-ring (bicyclic) bond motifs is 3. The highest BCUT2D eigenvalue weighted by atomic mass is 127. The zero-order valence-electron chi connectivity index (χ0n) is 10.6. The summed E-state index contributed by atoms with van der Waals surface area (Å²) in [6.45, 7) is 0. The molecule has 0 spiro atoms. The van der Waals surface area contributed by atoms with E-state index in [-0.39, 0.29) is 27.0 Å². The maximum Gasteiger partial charge on any atom is 0.485 e. The van der Waals surface area contributed by atoms with Crippen LogP contribution in [0.4, 0.5) is 17.6 Å². The molecule has 0 saturated carbocycles. The normalized spacial score (nSPS) is 13.0. The minimum absolute atomic E-state index is 0.115. The van der Waals surface area contributed by atoms with E-state index in [1.807, 2.05) is 12.1 Å². The van der Waals surface area contributed by atoms with Crippen molar-refractivity contribution in [3.05, 3.63) is 55.4 Å². The van der Waals surface area contributed by atoms with Gasteiger partial charge in [-0.15, -0.1) is 0 Å². The Hall–Kier alpha value is -1.20. The zero-order chi connectivity index (χ0) is 16.5. The van der Waals surface area contributed by atoms with E-state index in [0.717, 1.165) is 0 Å². The molecule has 0 fully saturated rings. The number of rotatable bonds is 0. The fourth-order valence-electron chi connectivity index (χ4n) is 1.66. The number of alkyl halides is 3. The first-order valence-corrected chi connectivity index (χ1v) is 9.22. The van der Waals surface area contributed by atoms with Crippen molar-refractivity contribution in [1.82, 2.24) is 0 Å². The van der Waals surface area contributed by atoms with Crippen molar-refractivity contribution >= 4 is 10.1 Å². The molecular formula is C13H7F4IO3S. The lowest BCUT2D eigenvalue weighted by Crippen LogP contribution is -3.61. The second-order valence-electron chi connectivity index (χ2n) is 4.10. The van der Waals surface area contributed by atoms with Crippen molar-refractivity contribution in [3.8, 4) is 11.1 Å². The maximum atomic E-state index is 13.0. The van der Waals surface area contributed by atoms with Gasteiger partial charge in [0.25, 0.3) is 0 Å². The fraction of sp³-hybridized carbons (Fsp3) is 0.0769. The molecule has 0 N–H and O–H groups in total. The van der Waals surface area contributed by atoms with Gasteiger partial charge in [0.05, 0.1) is 0 Å². The molecule has 1 aliphatic rings. The van der Waals surface area contributed by atoms with Gasteiger partial charge >= 0.3 is 26.7 Å². The van der Waals surface area contributed by atoms with Crippen LogP contribution < -0.4 is 21.2 Å². The summed E-state index contributed by atoms with van der Waals surface area (Å²) in [6.07, 6.45) is 0. The van der Waals surface area contributed by atoms with Crippen molar-refractivity contribution in [2.75, 3.05) is 0 Å². The second-order valence-corrected chi connectivity index (χ2v) is 8.33. The van der Waals surface area contributed by atoms with Crippen molar-refractivity contribution in [1.29, 1.82) is 0 Å². The van der Waals surface area contributed by atoms with E-state index in [2.05, 4.69) is 18.2 Å². The molecule has 0 atom stereocenters. The third kappa shape index (κ3) is 3.76. The monoisotopic (exact) mass is 446 g/mol. The van der Waals surface area contributed by atoms with Gasteiger partial charge in [0, 0.05) is 17.2 Å². The Morgan fingerprint density at radius 1 is 0.955 bits per heavy atom. The third-order valence-electron chi connectivity index (χ3n) is 2.58. The van der Waals surface area contributed by atoms with E-state index >= 15 is 0 Å². The Labute approximate surface area is 134 Å². The van der Waals surface area contributed by atoms with Crippen molar-refractivity contribution in [3.63, 3.8) is 0 Å². The van der Waals surface area contributed by atoms with Crippen LogP contribution in [0, 0.1) is 13.0 Å². The van der Waals surface area contributed by atoms with Gasteiger partial charge in [0.15, 0.2) is 10.1 Å². The van der Waals surface area contributed by atoms with Gasteiger partial charge in [-0.2, -0.15) is 13.2 Å². The van der Waals surface area contributed by atoms with Crippen LogP contribution in [-0.4, -0.2) is 18.5 Å². The summed E-state index contributed by atoms with van der Waals surface area (Å²) in [4.78, 5) is 0. The van der Waals surface area contributed by atoms with Crippen LogP contribution in [0.5, 0.6) is 0 Å². The summed E-state index contributed by atoms with van der Waals surface area (Å²) in [5, 5.41) is 0. The molecule has 0 radical (unpaired) electrons. The van der Waals surface area contributed by atoms with Gasteiger partial charge in [-0.3, -0.25) is 0 Å². The Morgan fingerprint density at radius 3 is 2.09 bits per heavy atom. The van der Waals surface area contributed by atoms with Crippen LogP contribution in [0.3, 0.4) is 0 Å². The molecule has 3 nitrogen and oxygen atoms in total. The van der Waals surface area contributed by atoms with Crippen molar-refractivity contribution < 1.29 is 51.7 Å². The third-order valence-corrected chi connectivity index (χ3v) is 6.14. The lowest BCUT2D eigenvalue weighted by atomic mass is 10.1. The molecule has 0 saturated heterocycles. The molecule has 3 rings (SSSR count). The van der Waals surface area contributed by atoms with E-state index in [1.165, 1.54) is 18.3 Å². The standard InChI is InChI=1S/C12H7FI.CHF3O3S/c13-8-5-6-10-9-3-1-2-4-11(9)14-12(10)7-8;2-1(3,4)8(5,6)7/h1-7H;(H,5,6,7)/q+1;/p-1. The topological polar surface area (TPSA) is 57.2 Å². The van der Waals surface area contributed by atoms with Crippen molar-refractivity contribution in [2.45, 2.75) is 5.51 Å². The molecule has 2 aromatic carbocycles. The van der Waals surface area contributed by atoms with E-state index in [0.29, 0.717) is 0 Å². The van der Waals surface area contributed by atoms with E-state index < -0.39 is 15.6 Å². The maximum absolute atomic E-state index is 13.0. The first kappa shape index (κ1) is 17.2. The number of hydrogen-bond donors (Lipinski definition) is 0. The average Bonchev–Trinajstić information content (AvgIpc) is 2.74. The van der Waals surface area contributed by atoms with Crippen molar-refractivity contribution in [2.24, 2.45) is 0 Å². The van der Waals surface area contributed by atoms with Crippen LogP contribution in [0.1, 0.15) is 0 Å². The smallest absolute Gasteiger partial charge is 0.485 e. The lowest BCUT2D eigenvalue weighted by molar-refractivity contribution is -0.590. The van der Waals surface area contributed by atoms with Crippen LogP contribution in [0.25, 0.3) is 11.1 Å². The summed E-state index contributed by atoms with van der Waals surface area (Å²) in [6, 6.07) is 13.5. The largest absolute Gasteiger partial charge is 0.741 e. The Balaban J connectivity index is 0.000000192. The summed E-state index contributed by atoms with van der Waals surface area (Å²) >= 11 is -0.154. The fourth-order valence-corrected chi connectivity index (χ4v) is 4.65. The highest BCUT2D eigenvalue weighted by Gasteiger charge is 2.37. The minimum atomic E-state index is -6.09. The molecule has 0 aliphatic carbocycles. The van der Waals surface area contributed by atoms with E-state index in [4.69, 9.17) is 13.0 Å². The quantitative estimate of drug-likeness (QED) is 0.211. The number of halogens is 5. The Kier molecular flexibility index (Phi) is 4.78. The van der Waals surface area contributed by atoms with Gasteiger partial charge in [-0.05, 0) is 24.3 Å². The molecule has 0 unspecified atom stereocenters. The number of benzene rings is 2. The zero-order valence-corrected chi connectivity index (χ0v) is 13.5. The predicted molar refractivity (Wildman–Crippen MR) is 65.0 cm³/mol. The minimum Gasteiger partial charge on any atom is -0.741 e. The first-order valence-electron chi connectivity index (χ1n) is 5.65. The molecule has 0 bridgehead atoms. The van der Waals surface area contributed by atoms with Gasteiger partial charge in [-0.1, -0.05) is 12.1 Å². The summed E-state index contributed by atoms with van der Waals surface area (Å²) in [5.74, 6) is -0.115. The van der Waals surface area contributed by atoms with Crippen LogP contribution >= 0.6 is 0 Å². The summed E-state index contributed by atoms with van der Waals surface area (Å²) in [7, 11) is -6.09. The summed E-state index contributed by atoms with van der Waals surface area (Å²) < 4.78 is 74.5. The Bertz CT molecular complexity index is 803. The number of hydrogen-bond acceptors (Lipinski definition) is 3. The first-order chi connectivity index (χ1) is 10.1. The lowest BCUT2D eigenvalue weighted by Gasteiger charge is -2.08. The molecule has 2 aromatic rings. The highest BCUT2D eigenvalue weighted by Crippen LogP contribution is 2.22. The van der Waals surface area contributed by atoms with Gasteiger partial charge in [0.1, 0.15) is 5.82 Å². The van der Waals surface area contributed by atoms with E-state index in [9.17, 15) is 17.6 Å². The molecule has 1 aliphatic heterocycles. The average molecular weight is 446 g/mol. The molecule has 9 heteroatoms. The molecule has 22 heavy (non-hydrogen) atoms. The van der Waals surface area contributed by atoms with Crippen LogP contribution in [0.2, 0.25) is 0 Å². The van der Waals surface area contributed by atoms with Crippen LogP contribution in [0.15, 0.2) is 42.5 Å². The van der Waals surface area contributed by atoms with Gasteiger partial charge in [-0.25, -0.2) is 12.8 Å². The molecule has 0 amide bonds. The van der Waals surface area contributed by atoms with Gasteiger partial charge < -0.3 is 4.55 Å². The molecule has 0 aromatic heterocycles. The SMILES string of the molecule is Fc1ccc2c(c1)[I+]c1ccccc1-2.O=S(=O)([O-])C(F)(F)F. The second kappa shape index (κ2) is 6.13. The highest BCUT2D eigenvalue weighted by molar-refractivity contribution is 7.86. The van der Waals surface area contributed by atoms with Gasteiger partial charge in [0.2, 0.25) is 7.14 Å². The predicted octanol–water partition coefficient (Wildman–Crippen LogP) is -0.0141. The van der Waals surface area contributed by atoms with E-state index in [1.54, 1.807) is 12.1 Å².